The lowest BCUT2D eigenvalue weighted by Gasteiger charge is -2.09. The van der Waals surface area contributed by atoms with Crippen molar-refractivity contribution in [1.29, 1.82) is 0 Å². The summed E-state index contributed by atoms with van der Waals surface area (Å²) in [6.45, 7) is 1.86. The number of anilines is 1. The Labute approximate surface area is 106 Å². The summed E-state index contributed by atoms with van der Waals surface area (Å²) in [5.41, 5.74) is 2.18. The van der Waals surface area contributed by atoms with Crippen LogP contribution in [0.2, 0.25) is 0 Å². The third-order valence-electron chi connectivity index (χ3n) is 2.69. The predicted molar refractivity (Wildman–Crippen MR) is 71.7 cm³/mol. The molecule has 0 bridgehead atoms. The van der Waals surface area contributed by atoms with E-state index >= 15 is 0 Å². The van der Waals surface area contributed by atoms with Crippen molar-refractivity contribution in [3.05, 3.63) is 65.3 Å². The van der Waals surface area contributed by atoms with Gasteiger partial charge in [-0.2, -0.15) is 0 Å². The van der Waals surface area contributed by atoms with Crippen molar-refractivity contribution in [2.24, 2.45) is 0 Å². The standard InChI is InChI=1S/C15H16FNO/c1-11-7-8-15(14(16)9-11)17-12-5-3-4-6-13(10-12)18-2/h3,5-10,17H,4H2,1-2H3. The van der Waals surface area contributed by atoms with Gasteiger partial charge in [-0.25, -0.2) is 4.39 Å². The molecule has 0 saturated carbocycles. The van der Waals surface area contributed by atoms with E-state index in [4.69, 9.17) is 4.74 Å². The summed E-state index contributed by atoms with van der Waals surface area (Å²) in [5, 5.41) is 3.06. The van der Waals surface area contributed by atoms with E-state index in [1.807, 2.05) is 37.3 Å². The van der Waals surface area contributed by atoms with Crippen molar-refractivity contribution in [2.75, 3.05) is 12.4 Å². The molecule has 0 unspecified atom stereocenters. The van der Waals surface area contributed by atoms with Crippen molar-refractivity contribution in [1.82, 2.24) is 0 Å². The van der Waals surface area contributed by atoms with Crippen LogP contribution in [-0.4, -0.2) is 7.11 Å². The first-order chi connectivity index (χ1) is 8.69. The number of benzene rings is 1. The van der Waals surface area contributed by atoms with Crippen LogP contribution in [0, 0.1) is 12.7 Å². The molecule has 1 aliphatic carbocycles. The van der Waals surface area contributed by atoms with Crippen molar-refractivity contribution in [2.45, 2.75) is 13.3 Å². The highest BCUT2D eigenvalue weighted by atomic mass is 19.1. The molecule has 0 spiro atoms. The number of ether oxygens (including phenoxy) is 1. The van der Waals surface area contributed by atoms with Gasteiger partial charge in [-0.3, -0.25) is 0 Å². The molecule has 1 aliphatic rings. The minimum atomic E-state index is -0.253. The number of hydrogen-bond donors (Lipinski definition) is 1. The Morgan fingerprint density at radius 3 is 2.89 bits per heavy atom. The SMILES string of the molecule is COC1=CCC=CC(Nc2ccc(C)cc2F)=C1. The summed E-state index contributed by atoms with van der Waals surface area (Å²) in [7, 11) is 1.62. The second-order valence-electron chi connectivity index (χ2n) is 4.16. The lowest BCUT2D eigenvalue weighted by atomic mass is 10.2. The Hall–Kier alpha value is -2.03. The Kier molecular flexibility index (Phi) is 3.82. The highest BCUT2D eigenvalue weighted by Crippen LogP contribution is 2.19. The number of halogens is 1. The fourth-order valence-electron chi connectivity index (χ4n) is 1.74. The van der Waals surface area contributed by atoms with Gasteiger partial charge < -0.3 is 10.1 Å². The molecule has 1 aromatic carbocycles. The zero-order chi connectivity index (χ0) is 13.0. The zero-order valence-electron chi connectivity index (χ0n) is 10.5. The molecule has 0 atom stereocenters. The first-order valence-corrected chi connectivity index (χ1v) is 5.84. The second-order valence-corrected chi connectivity index (χ2v) is 4.16. The van der Waals surface area contributed by atoms with Crippen molar-refractivity contribution < 1.29 is 9.13 Å². The molecule has 2 nitrogen and oxygen atoms in total. The van der Waals surface area contributed by atoms with Crippen molar-refractivity contribution >= 4 is 5.69 Å². The normalized spacial score (nSPS) is 14.6. The van der Waals surface area contributed by atoms with E-state index in [-0.39, 0.29) is 5.82 Å². The van der Waals surface area contributed by atoms with Gasteiger partial charge in [0, 0.05) is 11.8 Å². The van der Waals surface area contributed by atoms with Crippen molar-refractivity contribution in [3.63, 3.8) is 0 Å². The van der Waals surface area contributed by atoms with Gasteiger partial charge in [-0.1, -0.05) is 12.1 Å². The summed E-state index contributed by atoms with van der Waals surface area (Å²) >= 11 is 0. The van der Waals surface area contributed by atoms with E-state index in [0.717, 1.165) is 23.4 Å². The number of rotatable bonds is 3. The molecule has 1 aromatic rings. The molecule has 0 fully saturated rings. The number of allylic oxidation sites excluding steroid dienone is 4. The van der Waals surface area contributed by atoms with E-state index in [1.54, 1.807) is 13.2 Å². The maximum absolute atomic E-state index is 13.7. The summed E-state index contributed by atoms with van der Waals surface area (Å²) in [6, 6.07) is 5.12. The van der Waals surface area contributed by atoms with E-state index < -0.39 is 0 Å². The van der Waals surface area contributed by atoms with Crippen LogP contribution in [0.5, 0.6) is 0 Å². The van der Waals surface area contributed by atoms with Gasteiger partial charge in [-0.05, 0) is 43.2 Å². The van der Waals surface area contributed by atoms with Gasteiger partial charge in [-0.15, -0.1) is 0 Å². The highest BCUT2D eigenvalue weighted by Gasteiger charge is 2.05. The van der Waals surface area contributed by atoms with Crippen LogP contribution in [0.3, 0.4) is 0 Å². The zero-order valence-corrected chi connectivity index (χ0v) is 10.5. The van der Waals surface area contributed by atoms with Gasteiger partial charge >= 0.3 is 0 Å². The largest absolute Gasteiger partial charge is 0.497 e. The number of nitrogens with one attached hydrogen (secondary N) is 1. The average molecular weight is 245 g/mol. The van der Waals surface area contributed by atoms with Crippen LogP contribution in [0.4, 0.5) is 10.1 Å². The first-order valence-electron chi connectivity index (χ1n) is 5.84. The second kappa shape index (κ2) is 5.54. The molecular weight excluding hydrogens is 229 g/mol. The highest BCUT2D eigenvalue weighted by molar-refractivity contribution is 5.54. The molecule has 94 valence electrons. The van der Waals surface area contributed by atoms with Gasteiger partial charge in [0.1, 0.15) is 11.6 Å². The molecule has 0 aliphatic heterocycles. The van der Waals surface area contributed by atoms with E-state index in [0.29, 0.717) is 5.69 Å². The van der Waals surface area contributed by atoms with E-state index in [1.165, 1.54) is 6.07 Å². The van der Waals surface area contributed by atoms with Gasteiger partial charge in [0.2, 0.25) is 0 Å². The Morgan fingerprint density at radius 1 is 1.33 bits per heavy atom. The third-order valence-corrected chi connectivity index (χ3v) is 2.69. The van der Waals surface area contributed by atoms with Crippen LogP contribution in [-0.2, 0) is 4.74 Å². The average Bonchev–Trinajstić information content (AvgIpc) is 2.58. The Morgan fingerprint density at radius 2 is 2.17 bits per heavy atom. The fourth-order valence-corrected chi connectivity index (χ4v) is 1.74. The van der Waals surface area contributed by atoms with Crippen molar-refractivity contribution in [3.8, 4) is 0 Å². The van der Waals surface area contributed by atoms with Gasteiger partial charge in [0.05, 0.1) is 12.8 Å². The number of methoxy groups -OCH3 is 1. The van der Waals surface area contributed by atoms with Crippen LogP contribution in [0.1, 0.15) is 12.0 Å². The molecule has 0 heterocycles. The minimum absolute atomic E-state index is 0.253. The molecule has 3 heteroatoms. The monoisotopic (exact) mass is 245 g/mol. The maximum Gasteiger partial charge on any atom is 0.146 e. The third kappa shape index (κ3) is 3.00. The lowest BCUT2D eigenvalue weighted by Crippen LogP contribution is -2.00. The minimum Gasteiger partial charge on any atom is -0.497 e. The summed E-state index contributed by atoms with van der Waals surface area (Å²) in [5.74, 6) is 0.520. The van der Waals surface area contributed by atoms with Crippen LogP contribution in [0.25, 0.3) is 0 Å². The van der Waals surface area contributed by atoms with E-state index in [2.05, 4.69) is 5.32 Å². The van der Waals surface area contributed by atoms with Gasteiger partial charge in [0.25, 0.3) is 0 Å². The molecule has 18 heavy (non-hydrogen) atoms. The van der Waals surface area contributed by atoms with Crippen LogP contribution in [0.15, 0.2) is 54.0 Å². The lowest BCUT2D eigenvalue weighted by molar-refractivity contribution is 0.305. The molecule has 0 radical (unpaired) electrons. The molecular formula is C15H16FNO. The number of hydrogen-bond acceptors (Lipinski definition) is 2. The fraction of sp³-hybridized carbons (Fsp3) is 0.200. The molecule has 2 rings (SSSR count). The van der Waals surface area contributed by atoms with Crippen LogP contribution < -0.4 is 5.32 Å². The maximum atomic E-state index is 13.7. The van der Waals surface area contributed by atoms with E-state index in [9.17, 15) is 4.39 Å². The molecule has 0 saturated heterocycles. The number of aryl methyl sites for hydroxylation is 1. The quantitative estimate of drug-likeness (QED) is 0.871. The smallest absolute Gasteiger partial charge is 0.146 e. The molecule has 1 N–H and O–H groups in total. The Bertz CT molecular complexity index is 529. The Balaban J connectivity index is 2.22. The molecule has 0 amide bonds. The summed E-state index contributed by atoms with van der Waals surface area (Å²) in [4.78, 5) is 0. The molecule has 0 aromatic heterocycles. The first kappa shape index (κ1) is 12.4. The van der Waals surface area contributed by atoms with Crippen LogP contribution >= 0.6 is 0 Å². The summed E-state index contributed by atoms with van der Waals surface area (Å²) < 4.78 is 18.9. The summed E-state index contributed by atoms with van der Waals surface area (Å²) in [6.07, 6.45) is 8.54. The topological polar surface area (TPSA) is 21.3 Å². The van der Waals surface area contributed by atoms with Gasteiger partial charge in [0.15, 0.2) is 0 Å². The predicted octanol–water partition coefficient (Wildman–Crippen LogP) is 3.92.